The molecule has 122 valence electrons. The van der Waals surface area contributed by atoms with Crippen LogP contribution >= 0.6 is 11.8 Å². The molecule has 1 unspecified atom stereocenters. The molecule has 0 aliphatic heterocycles. The standard InChI is InChI=1S/C17H22N4OS/c1-12(13-7-3-2-4-8-13)18-15(22)11-23-17-19-16(20-21-17)14-9-5-6-10-14/h2-4,7-8,12,14H,5-6,9-11H2,1H3,(H,18,22)(H,19,20,21). The Labute approximate surface area is 140 Å². The number of H-pyrrole nitrogens is 1. The van der Waals surface area contributed by atoms with Crippen LogP contribution in [0.4, 0.5) is 0 Å². The lowest BCUT2D eigenvalue weighted by atomic mass is 10.1. The topological polar surface area (TPSA) is 70.7 Å². The van der Waals surface area contributed by atoms with Crippen LogP contribution in [0.15, 0.2) is 35.5 Å². The number of rotatable bonds is 6. The van der Waals surface area contributed by atoms with Gasteiger partial charge in [-0.3, -0.25) is 9.89 Å². The molecule has 0 saturated heterocycles. The van der Waals surface area contributed by atoms with Crippen LogP contribution < -0.4 is 5.32 Å². The minimum Gasteiger partial charge on any atom is -0.349 e. The minimum absolute atomic E-state index is 0.00132. The molecular formula is C17H22N4OS. The van der Waals surface area contributed by atoms with E-state index in [9.17, 15) is 4.79 Å². The van der Waals surface area contributed by atoms with Gasteiger partial charge < -0.3 is 5.32 Å². The average Bonchev–Trinajstić information content (AvgIpc) is 3.25. The molecule has 3 rings (SSSR count). The van der Waals surface area contributed by atoms with E-state index >= 15 is 0 Å². The van der Waals surface area contributed by atoms with Crippen LogP contribution in [0.3, 0.4) is 0 Å². The van der Waals surface area contributed by atoms with Gasteiger partial charge in [0, 0.05) is 5.92 Å². The quantitative estimate of drug-likeness (QED) is 0.796. The number of aromatic nitrogens is 3. The first-order valence-electron chi connectivity index (χ1n) is 8.12. The lowest BCUT2D eigenvalue weighted by molar-refractivity contribution is -0.119. The third kappa shape index (κ3) is 4.34. The Balaban J connectivity index is 1.47. The van der Waals surface area contributed by atoms with Crippen molar-refractivity contribution in [2.45, 2.75) is 49.7 Å². The van der Waals surface area contributed by atoms with Crippen LogP contribution in [-0.4, -0.2) is 26.8 Å². The number of carbonyl (C=O) groups is 1. The van der Waals surface area contributed by atoms with Gasteiger partial charge in [0.2, 0.25) is 11.1 Å². The molecular weight excluding hydrogens is 308 g/mol. The minimum atomic E-state index is -0.00132. The number of aromatic amines is 1. The van der Waals surface area contributed by atoms with Crippen molar-refractivity contribution in [2.24, 2.45) is 0 Å². The van der Waals surface area contributed by atoms with Crippen molar-refractivity contribution >= 4 is 17.7 Å². The van der Waals surface area contributed by atoms with E-state index in [4.69, 9.17) is 0 Å². The monoisotopic (exact) mass is 330 g/mol. The third-order valence-corrected chi connectivity index (χ3v) is 5.08. The van der Waals surface area contributed by atoms with E-state index in [-0.39, 0.29) is 11.9 Å². The second-order valence-corrected chi connectivity index (χ2v) is 6.92. The van der Waals surface area contributed by atoms with Crippen LogP contribution in [0.2, 0.25) is 0 Å². The van der Waals surface area contributed by atoms with Crippen LogP contribution in [-0.2, 0) is 4.79 Å². The summed E-state index contributed by atoms with van der Waals surface area (Å²) in [5, 5.41) is 10.9. The van der Waals surface area contributed by atoms with Gasteiger partial charge >= 0.3 is 0 Å². The van der Waals surface area contributed by atoms with E-state index in [2.05, 4.69) is 20.5 Å². The van der Waals surface area contributed by atoms with E-state index in [0.717, 1.165) is 11.4 Å². The SMILES string of the molecule is CC(NC(=O)CSc1n[nH]c(C2CCCC2)n1)c1ccccc1. The normalized spacial score (nSPS) is 16.4. The Bertz CT molecular complexity index is 637. The Morgan fingerprint density at radius 2 is 2.09 bits per heavy atom. The zero-order valence-corrected chi connectivity index (χ0v) is 14.1. The Kier molecular flexibility index (Phi) is 5.33. The second kappa shape index (κ2) is 7.64. The highest BCUT2D eigenvalue weighted by atomic mass is 32.2. The molecule has 6 heteroatoms. The van der Waals surface area contributed by atoms with Gasteiger partial charge in [-0.1, -0.05) is 54.9 Å². The maximum atomic E-state index is 12.1. The average molecular weight is 330 g/mol. The van der Waals surface area contributed by atoms with Crippen LogP contribution in [0.5, 0.6) is 0 Å². The number of hydrogen-bond acceptors (Lipinski definition) is 4. The number of hydrogen-bond donors (Lipinski definition) is 2. The van der Waals surface area contributed by atoms with Crippen LogP contribution in [0.25, 0.3) is 0 Å². The fraction of sp³-hybridized carbons (Fsp3) is 0.471. The zero-order valence-electron chi connectivity index (χ0n) is 13.3. The molecule has 1 aliphatic rings. The molecule has 1 saturated carbocycles. The first-order valence-corrected chi connectivity index (χ1v) is 9.10. The summed E-state index contributed by atoms with van der Waals surface area (Å²) in [7, 11) is 0. The molecule has 2 N–H and O–H groups in total. The predicted molar refractivity (Wildman–Crippen MR) is 91.3 cm³/mol. The molecule has 23 heavy (non-hydrogen) atoms. The maximum Gasteiger partial charge on any atom is 0.230 e. The molecule has 1 atom stereocenters. The van der Waals surface area contributed by atoms with Gasteiger partial charge in [-0.15, -0.1) is 5.10 Å². The summed E-state index contributed by atoms with van der Waals surface area (Å²) in [5.74, 6) is 1.82. The lowest BCUT2D eigenvalue weighted by Crippen LogP contribution is -2.28. The lowest BCUT2D eigenvalue weighted by Gasteiger charge is -2.13. The molecule has 1 fully saturated rings. The van der Waals surface area contributed by atoms with Crippen molar-refractivity contribution < 1.29 is 4.79 Å². The highest BCUT2D eigenvalue weighted by Crippen LogP contribution is 2.32. The third-order valence-electron chi connectivity index (χ3n) is 4.23. The van der Waals surface area contributed by atoms with Crippen molar-refractivity contribution in [3.8, 4) is 0 Å². The Hall–Kier alpha value is -1.82. The largest absolute Gasteiger partial charge is 0.349 e. The fourth-order valence-corrected chi connectivity index (χ4v) is 3.56. The molecule has 2 aromatic rings. The summed E-state index contributed by atoms with van der Waals surface area (Å²) >= 11 is 1.38. The summed E-state index contributed by atoms with van der Waals surface area (Å²) in [4.78, 5) is 16.6. The first kappa shape index (κ1) is 16.1. The molecule has 1 amide bonds. The van der Waals surface area contributed by atoms with Crippen LogP contribution in [0, 0.1) is 0 Å². The zero-order chi connectivity index (χ0) is 16.1. The number of nitrogens with zero attached hydrogens (tertiary/aromatic N) is 2. The van der Waals surface area contributed by atoms with Crippen molar-refractivity contribution in [3.05, 3.63) is 41.7 Å². The Morgan fingerprint density at radius 1 is 1.35 bits per heavy atom. The van der Waals surface area contributed by atoms with Gasteiger partial charge in [-0.05, 0) is 25.3 Å². The summed E-state index contributed by atoms with van der Waals surface area (Å²) in [6.45, 7) is 1.99. The van der Waals surface area contributed by atoms with E-state index in [0.29, 0.717) is 16.8 Å². The predicted octanol–water partition coefficient (Wildman–Crippen LogP) is 3.43. The van der Waals surface area contributed by atoms with E-state index in [1.165, 1.54) is 37.4 Å². The van der Waals surface area contributed by atoms with Gasteiger partial charge in [-0.25, -0.2) is 4.98 Å². The highest BCUT2D eigenvalue weighted by Gasteiger charge is 2.21. The summed E-state index contributed by atoms with van der Waals surface area (Å²) in [6.07, 6.45) is 4.92. The van der Waals surface area contributed by atoms with Gasteiger partial charge in [0.05, 0.1) is 11.8 Å². The Morgan fingerprint density at radius 3 is 2.83 bits per heavy atom. The van der Waals surface area contributed by atoms with Gasteiger partial charge in [-0.2, -0.15) is 0 Å². The van der Waals surface area contributed by atoms with Crippen molar-refractivity contribution in [2.75, 3.05) is 5.75 Å². The number of benzene rings is 1. The van der Waals surface area contributed by atoms with Gasteiger partial charge in [0.25, 0.3) is 0 Å². The fourth-order valence-electron chi connectivity index (χ4n) is 2.94. The summed E-state index contributed by atoms with van der Waals surface area (Å²) < 4.78 is 0. The highest BCUT2D eigenvalue weighted by molar-refractivity contribution is 7.99. The number of carbonyl (C=O) groups excluding carboxylic acids is 1. The molecule has 1 heterocycles. The summed E-state index contributed by atoms with van der Waals surface area (Å²) in [5.41, 5.74) is 1.10. The molecule has 5 nitrogen and oxygen atoms in total. The molecule has 1 aromatic heterocycles. The molecule has 1 aliphatic carbocycles. The molecule has 0 spiro atoms. The second-order valence-electron chi connectivity index (χ2n) is 5.97. The molecule has 0 bridgehead atoms. The van der Waals surface area contributed by atoms with Gasteiger partial charge in [0.1, 0.15) is 5.82 Å². The maximum absolute atomic E-state index is 12.1. The van der Waals surface area contributed by atoms with Crippen molar-refractivity contribution in [1.29, 1.82) is 0 Å². The molecule has 1 aromatic carbocycles. The molecule has 0 radical (unpaired) electrons. The number of nitrogens with one attached hydrogen (secondary N) is 2. The van der Waals surface area contributed by atoms with Gasteiger partial charge in [0.15, 0.2) is 0 Å². The van der Waals surface area contributed by atoms with Crippen LogP contribution in [0.1, 0.15) is 56.0 Å². The van der Waals surface area contributed by atoms with Crippen molar-refractivity contribution in [1.82, 2.24) is 20.5 Å². The smallest absolute Gasteiger partial charge is 0.230 e. The summed E-state index contributed by atoms with van der Waals surface area (Å²) in [6, 6.07) is 9.96. The first-order chi connectivity index (χ1) is 11.2. The van der Waals surface area contributed by atoms with E-state index < -0.39 is 0 Å². The van der Waals surface area contributed by atoms with E-state index in [1.54, 1.807) is 0 Å². The van der Waals surface area contributed by atoms with E-state index in [1.807, 2.05) is 37.3 Å². The number of amides is 1. The number of thioether (sulfide) groups is 1. The van der Waals surface area contributed by atoms with Crippen molar-refractivity contribution in [3.63, 3.8) is 0 Å².